The first-order chi connectivity index (χ1) is 13.0. The molecule has 1 aromatic rings. The first-order valence-corrected chi connectivity index (χ1v) is 9.59. The average Bonchev–Trinajstić information content (AvgIpc) is 2.89. The molecule has 1 aliphatic carbocycles. The van der Waals surface area contributed by atoms with E-state index in [1.807, 2.05) is 13.8 Å². The number of anilines is 1. The molecule has 7 nitrogen and oxygen atoms in total. The molecule has 0 spiro atoms. The summed E-state index contributed by atoms with van der Waals surface area (Å²) in [7, 11) is 0. The van der Waals surface area contributed by atoms with Gasteiger partial charge in [0.2, 0.25) is 17.7 Å². The van der Waals surface area contributed by atoms with Crippen molar-refractivity contribution in [2.75, 3.05) is 25.1 Å². The van der Waals surface area contributed by atoms with Crippen molar-refractivity contribution in [3.8, 4) is 11.5 Å². The number of nitrogens with zero attached hydrogens (tertiary/aromatic N) is 1. The predicted molar refractivity (Wildman–Crippen MR) is 99.6 cm³/mol. The second-order valence-electron chi connectivity index (χ2n) is 6.83. The number of ether oxygens (including phenoxy) is 2. The van der Waals surface area contributed by atoms with Gasteiger partial charge in [-0.2, -0.15) is 0 Å². The zero-order chi connectivity index (χ0) is 19.4. The first kappa shape index (κ1) is 19.2. The Morgan fingerprint density at radius 3 is 2.30 bits per heavy atom. The van der Waals surface area contributed by atoms with Gasteiger partial charge < -0.3 is 14.8 Å². The highest BCUT2D eigenvalue weighted by Crippen LogP contribution is 2.38. The Morgan fingerprint density at radius 1 is 1.07 bits per heavy atom. The van der Waals surface area contributed by atoms with Crippen molar-refractivity contribution in [2.24, 2.45) is 11.8 Å². The van der Waals surface area contributed by atoms with E-state index in [9.17, 15) is 14.4 Å². The molecule has 0 radical (unpaired) electrons. The van der Waals surface area contributed by atoms with Crippen molar-refractivity contribution < 1.29 is 23.9 Å². The number of carbonyl (C=O) groups is 3. The summed E-state index contributed by atoms with van der Waals surface area (Å²) in [5, 5.41) is 2.75. The van der Waals surface area contributed by atoms with Crippen LogP contribution in [0, 0.1) is 11.8 Å². The van der Waals surface area contributed by atoms with Crippen LogP contribution in [-0.2, 0) is 14.4 Å². The summed E-state index contributed by atoms with van der Waals surface area (Å²) in [4.78, 5) is 38.7. The summed E-state index contributed by atoms with van der Waals surface area (Å²) in [6, 6.07) is 5.17. The van der Waals surface area contributed by atoms with Gasteiger partial charge in [0, 0.05) is 6.07 Å². The van der Waals surface area contributed by atoms with E-state index in [0.29, 0.717) is 30.4 Å². The molecule has 1 saturated heterocycles. The van der Waals surface area contributed by atoms with Crippen LogP contribution in [-0.4, -0.2) is 42.4 Å². The first-order valence-electron chi connectivity index (χ1n) is 9.59. The number of fused-ring (bicyclic) bond motifs is 1. The van der Waals surface area contributed by atoms with E-state index in [1.54, 1.807) is 18.2 Å². The van der Waals surface area contributed by atoms with Gasteiger partial charge in [-0.15, -0.1) is 0 Å². The van der Waals surface area contributed by atoms with E-state index < -0.39 is 5.91 Å². The Kier molecular flexibility index (Phi) is 5.98. The Balaban J connectivity index is 1.71. The van der Waals surface area contributed by atoms with Crippen molar-refractivity contribution in [3.63, 3.8) is 0 Å². The smallest absolute Gasteiger partial charge is 0.244 e. The molecule has 1 aliphatic heterocycles. The van der Waals surface area contributed by atoms with E-state index >= 15 is 0 Å². The molecule has 0 unspecified atom stereocenters. The highest BCUT2D eigenvalue weighted by atomic mass is 16.5. The molecule has 0 bridgehead atoms. The lowest BCUT2D eigenvalue weighted by Crippen LogP contribution is -2.38. The number of nitrogens with one attached hydrogen (secondary N) is 1. The van der Waals surface area contributed by atoms with Crippen molar-refractivity contribution in [1.82, 2.24) is 4.90 Å². The normalized spacial score (nSPS) is 21.8. The fraction of sp³-hybridized carbons (Fsp3) is 0.550. The number of amides is 3. The molecule has 27 heavy (non-hydrogen) atoms. The second kappa shape index (κ2) is 8.41. The van der Waals surface area contributed by atoms with Crippen molar-refractivity contribution in [2.45, 2.75) is 39.5 Å². The molecule has 1 heterocycles. The standard InChI is InChI=1S/C20H26N2O5/c1-3-26-13-9-10-17(27-4-2)16(11-13)21-18(23)12-22-19(24)14-7-5-6-8-15(14)20(22)25/h9-11,14-15H,3-8,12H2,1-2H3,(H,21,23)/t14-,15-/m1/s1. The van der Waals surface area contributed by atoms with Crippen LogP contribution in [0.15, 0.2) is 18.2 Å². The van der Waals surface area contributed by atoms with Crippen LogP contribution in [0.3, 0.4) is 0 Å². The summed E-state index contributed by atoms with van der Waals surface area (Å²) in [6.45, 7) is 4.41. The van der Waals surface area contributed by atoms with Gasteiger partial charge in [0.15, 0.2) is 0 Å². The van der Waals surface area contributed by atoms with Gasteiger partial charge in [0.1, 0.15) is 18.0 Å². The van der Waals surface area contributed by atoms with Crippen molar-refractivity contribution in [3.05, 3.63) is 18.2 Å². The summed E-state index contributed by atoms with van der Waals surface area (Å²) in [6.07, 6.45) is 3.39. The third-order valence-electron chi connectivity index (χ3n) is 5.07. The van der Waals surface area contributed by atoms with Gasteiger partial charge >= 0.3 is 0 Å². The Bertz CT molecular complexity index is 709. The minimum atomic E-state index is -0.426. The maximum absolute atomic E-state index is 12.5. The SMILES string of the molecule is CCOc1ccc(OCC)c(NC(=O)CN2C(=O)[C@@H]3CCCC[C@H]3C2=O)c1. The summed E-state index contributed by atoms with van der Waals surface area (Å²) >= 11 is 0. The lowest BCUT2D eigenvalue weighted by Gasteiger charge is -2.19. The van der Waals surface area contributed by atoms with Gasteiger partial charge in [-0.3, -0.25) is 19.3 Å². The molecule has 0 aromatic heterocycles. The lowest BCUT2D eigenvalue weighted by atomic mass is 9.81. The maximum atomic E-state index is 12.5. The largest absolute Gasteiger partial charge is 0.494 e. The van der Waals surface area contributed by atoms with Crippen LogP contribution >= 0.6 is 0 Å². The molecule has 3 amide bonds. The van der Waals surface area contributed by atoms with Gasteiger partial charge in [0.05, 0.1) is 30.7 Å². The third kappa shape index (κ3) is 4.07. The van der Waals surface area contributed by atoms with E-state index in [4.69, 9.17) is 9.47 Å². The lowest BCUT2D eigenvalue weighted by molar-refractivity contribution is -0.142. The highest BCUT2D eigenvalue weighted by Gasteiger charge is 2.48. The highest BCUT2D eigenvalue weighted by molar-refractivity contribution is 6.08. The fourth-order valence-electron chi connectivity index (χ4n) is 3.86. The average molecular weight is 374 g/mol. The van der Waals surface area contributed by atoms with Crippen LogP contribution < -0.4 is 14.8 Å². The van der Waals surface area contributed by atoms with Crippen LogP contribution in [0.25, 0.3) is 0 Å². The number of benzene rings is 1. The molecular weight excluding hydrogens is 348 g/mol. The number of hydrogen-bond donors (Lipinski definition) is 1. The summed E-state index contributed by atoms with van der Waals surface area (Å²) < 4.78 is 11.0. The monoisotopic (exact) mass is 374 g/mol. The summed E-state index contributed by atoms with van der Waals surface area (Å²) in [5.74, 6) is -0.234. The van der Waals surface area contributed by atoms with Gasteiger partial charge in [-0.05, 0) is 38.8 Å². The zero-order valence-corrected chi connectivity index (χ0v) is 15.8. The minimum Gasteiger partial charge on any atom is -0.494 e. The Labute approximate surface area is 159 Å². The molecular formula is C20H26N2O5. The molecule has 2 aliphatic rings. The Hall–Kier alpha value is -2.57. The third-order valence-corrected chi connectivity index (χ3v) is 5.07. The fourth-order valence-corrected chi connectivity index (χ4v) is 3.86. The van der Waals surface area contributed by atoms with Gasteiger partial charge in [-0.25, -0.2) is 0 Å². The van der Waals surface area contributed by atoms with E-state index in [1.165, 1.54) is 0 Å². The molecule has 3 rings (SSSR count). The molecule has 1 N–H and O–H groups in total. The van der Waals surface area contributed by atoms with Crippen molar-refractivity contribution >= 4 is 23.4 Å². The van der Waals surface area contributed by atoms with Crippen molar-refractivity contribution in [1.29, 1.82) is 0 Å². The number of imide groups is 1. The quantitative estimate of drug-likeness (QED) is 0.742. The molecule has 1 saturated carbocycles. The zero-order valence-electron chi connectivity index (χ0n) is 15.8. The molecule has 146 valence electrons. The van der Waals surface area contributed by atoms with E-state index in [2.05, 4.69) is 5.32 Å². The number of likely N-dealkylation sites (tertiary alicyclic amines) is 1. The number of rotatable bonds is 7. The minimum absolute atomic E-state index is 0.215. The van der Waals surface area contributed by atoms with Gasteiger partial charge in [0.25, 0.3) is 0 Å². The van der Waals surface area contributed by atoms with E-state index in [0.717, 1.165) is 30.6 Å². The molecule has 7 heteroatoms. The number of carbonyl (C=O) groups excluding carboxylic acids is 3. The Morgan fingerprint density at radius 2 is 1.70 bits per heavy atom. The second-order valence-corrected chi connectivity index (χ2v) is 6.83. The van der Waals surface area contributed by atoms with Crippen LogP contribution in [0.5, 0.6) is 11.5 Å². The van der Waals surface area contributed by atoms with Crippen LogP contribution in [0.2, 0.25) is 0 Å². The molecule has 1 aromatic carbocycles. The predicted octanol–water partition coefficient (Wildman–Crippen LogP) is 2.60. The number of hydrogen-bond acceptors (Lipinski definition) is 5. The van der Waals surface area contributed by atoms with Crippen LogP contribution in [0.4, 0.5) is 5.69 Å². The van der Waals surface area contributed by atoms with E-state index in [-0.39, 0.29) is 30.2 Å². The summed E-state index contributed by atoms with van der Waals surface area (Å²) in [5.41, 5.74) is 0.462. The van der Waals surface area contributed by atoms with Gasteiger partial charge in [-0.1, -0.05) is 12.8 Å². The maximum Gasteiger partial charge on any atom is 0.244 e. The molecule has 2 fully saturated rings. The molecule has 2 atom stereocenters. The topological polar surface area (TPSA) is 84.9 Å². The van der Waals surface area contributed by atoms with Crippen LogP contribution in [0.1, 0.15) is 39.5 Å².